The van der Waals surface area contributed by atoms with E-state index in [0.717, 1.165) is 50.9 Å². The summed E-state index contributed by atoms with van der Waals surface area (Å²) in [4.78, 5) is 16.3. The number of hydrogen-bond donors (Lipinski definition) is 1. The van der Waals surface area contributed by atoms with Crippen molar-refractivity contribution in [1.82, 2.24) is 4.90 Å². The molecule has 7 nitrogen and oxygen atoms in total. The molecule has 4 aliphatic carbocycles. The predicted molar refractivity (Wildman–Crippen MR) is 134 cm³/mol. The van der Waals surface area contributed by atoms with Crippen LogP contribution in [0.15, 0.2) is 11.6 Å². The third-order valence-corrected chi connectivity index (χ3v) is 11.2. The van der Waals surface area contributed by atoms with Crippen molar-refractivity contribution in [2.75, 3.05) is 39.5 Å². The molecule has 0 unspecified atom stereocenters. The number of aliphatic carboxylic acids is 1. The van der Waals surface area contributed by atoms with Crippen LogP contribution in [-0.2, 0) is 23.7 Å². The Morgan fingerprint density at radius 2 is 1.94 bits per heavy atom. The highest BCUT2D eigenvalue weighted by Gasteiger charge is 2.86. The lowest BCUT2D eigenvalue weighted by atomic mass is 9.42. The molecule has 36 heavy (non-hydrogen) atoms. The van der Waals surface area contributed by atoms with Crippen molar-refractivity contribution in [1.29, 1.82) is 0 Å². The summed E-state index contributed by atoms with van der Waals surface area (Å²) in [6.07, 6.45) is 5.58. The average molecular weight is 504 g/mol. The van der Waals surface area contributed by atoms with E-state index >= 15 is 0 Å². The number of ether oxygens (including phenoxy) is 4. The predicted octanol–water partition coefficient (Wildman–Crippen LogP) is 4.17. The zero-order chi connectivity index (χ0) is 25.5. The number of carboxylic acids is 1. The van der Waals surface area contributed by atoms with Gasteiger partial charge in [0.25, 0.3) is 0 Å². The van der Waals surface area contributed by atoms with Crippen LogP contribution < -0.4 is 0 Å². The molecule has 202 valence electrons. The zero-order valence-electron chi connectivity index (χ0n) is 22.7. The number of allylic oxidation sites excluding steroid dienone is 1. The van der Waals surface area contributed by atoms with Crippen molar-refractivity contribution in [3.63, 3.8) is 0 Å². The van der Waals surface area contributed by atoms with E-state index in [-0.39, 0.29) is 24.2 Å². The third kappa shape index (κ3) is 3.07. The summed E-state index contributed by atoms with van der Waals surface area (Å²) in [7, 11) is 0. The molecule has 9 atom stereocenters. The molecule has 6 aliphatic rings. The summed E-state index contributed by atoms with van der Waals surface area (Å²) in [5.41, 5.74) is -1.01. The van der Waals surface area contributed by atoms with Gasteiger partial charge in [0, 0.05) is 23.9 Å². The number of fused-ring (bicyclic) bond motifs is 2. The molecule has 0 spiro atoms. The molecular weight excluding hydrogens is 458 g/mol. The van der Waals surface area contributed by atoms with Crippen LogP contribution in [0.1, 0.15) is 60.3 Å². The van der Waals surface area contributed by atoms with Gasteiger partial charge in [-0.25, -0.2) is 0 Å². The lowest BCUT2D eigenvalue weighted by molar-refractivity contribution is -0.262. The fourth-order valence-electron chi connectivity index (χ4n) is 10.1. The number of carboxylic acid groups (broad SMARTS) is 1. The zero-order valence-corrected chi connectivity index (χ0v) is 22.7. The number of morpholine rings is 1. The Morgan fingerprint density at radius 1 is 1.19 bits per heavy atom. The molecule has 7 heteroatoms. The Kier molecular flexibility index (Phi) is 6.16. The topological polar surface area (TPSA) is 77.5 Å². The van der Waals surface area contributed by atoms with Gasteiger partial charge in [0.2, 0.25) is 0 Å². The summed E-state index contributed by atoms with van der Waals surface area (Å²) in [5, 5.41) is 11.4. The van der Waals surface area contributed by atoms with Crippen LogP contribution in [0.25, 0.3) is 0 Å². The van der Waals surface area contributed by atoms with E-state index < -0.39 is 28.5 Å². The highest BCUT2D eigenvalue weighted by molar-refractivity contribution is 5.85. The van der Waals surface area contributed by atoms with Crippen LogP contribution in [0.5, 0.6) is 0 Å². The highest BCUT2D eigenvalue weighted by Crippen LogP contribution is 2.84. The van der Waals surface area contributed by atoms with E-state index in [4.69, 9.17) is 18.9 Å². The van der Waals surface area contributed by atoms with Gasteiger partial charge in [-0.3, -0.25) is 9.69 Å². The molecule has 3 saturated carbocycles. The second-order valence-electron chi connectivity index (χ2n) is 13.0. The van der Waals surface area contributed by atoms with Crippen molar-refractivity contribution in [3.8, 4) is 0 Å². The van der Waals surface area contributed by atoms with E-state index in [1.54, 1.807) is 0 Å². The second-order valence-corrected chi connectivity index (χ2v) is 13.0. The van der Waals surface area contributed by atoms with Crippen LogP contribution in [0, 0.1) is 45.8 Å². The fourth-order valence-corrected chi connectivity index (χ4v) is 10.1. The second kappa shape index (κ2) is 8.77. The number of likely N-dealkylation sites (N-methyl/N-ethyl adjacent to an activating group) is 1. The molecule has 0 aromatic heterocycles. The molecular formula is C29H45NO6. The summed E-state index contributed by atoms with van der Waals surface area (Å²) in [6, 6.07) is 0. The molecule has 2 heterocycles. The lowest BCUT2D eigenvalue weighted by Crippen LogP contribution is -2.66. The Hall–Kier alpha value is -0.990. The molecule has 1 N–H and O–H groups in total. The lowest BCUT2D eigenvalue weighted by Gasteiger charge is -2.61. The molecule has 4 bridgehead atoms. The van der Waals surface area contributed by atoms with Crippen LogP contribution in [-0.4, -0.2) is 74.1 Å². The summed E-state index contributed by atoms with van der Waals surface area (Å²) in [6.45, 7) is 15.0. The van der Waals surface area contributed by atoms with Gasteiger partial charge in [0.15, 0.2) is 12.6 Å². The van der Waals surface area contributed by atoms with Crippen molar-refractivity contribution in [2.45, 2.75) is 79.0 Å². The molecule has 0 radical (unpaired) electrons. The highest BCUT2D eigenvalue weighted by atomic mass is 16.7. The van der Waals surface area contributed by atoms with Crippen molar-refractivity contribution in [2.24, 2.45) is 45.8 Å². The van der Waals surface area contributed by atoms with Crippen LogP contribution in [0.3, 0.4) is 0 Å². The third-order valence-electron chi connectivity index (χ3n) is 11.2. The largest absolute Gasteiger partial charge is 0.481 e. The van der Waals surface area contributed by atoms with Gasteiger partial charge >= 0.3 is 5.97 Å². The minimum absolute atomic E-state index is 0.101. The Morgan fingerprint density at radius 3 is 2.61 bits per heavy atom. The van der Waals surface area contributed by atoms with E-state index in [1.165, 1.54) is 0 Å². The fraction of sp³-hybridized carbons (Fsp3) is 0.897. The molecule has 2 saturated heterocycles. The first kappa shape index (κ1) is 25.3. The smallest absolute Gasteiger partial charge is 0.315 e. The van der Waals surface area contributed by atoms with Crippen molar-refractivity contribution < 1.29 is 28.8 Å². The molecule has 6 rings (SSSR count). The molecule has 5 fully saturated rings. The van der Waals surface area contributed by atoms with E-state index in [2.05, 4.69) is 45.6 Å². The van der Waals surface area contributed by atoms with Gasteiger partial charge in [0.05, 0.1) is 25.9 Å². The van der Waals surface area contributed by atoms with Gasteiger partial charge < -0.3 is 24.1 Å². The van der Waals surface area contributed by atoms with Gasteiger partial charge in [0.1, 0.15) is 5.41 Å². The maximum absolute atomic E-state index is 13.9. The summed E-state index contributed by atoms with van der Waals surface area (Å²) in [5.74, 6) is 0.938. The van der Waals surface area contributed by atoms with Gasteiger partial charge in [-0.1, -0.05) is 45.8 Å². The minimum Gasteiger partial charge on any atom is -0.481 e. The summed E-state index contributed by atoms with van der Waals surface area (Å²) >= 11 is 0. The van der Waals surface area contributed by atoms with E-state index in [9.17, 15) is 9.90 Å². The maximum atomic E-state index is 13.9. The standard InChI is InChI=1S/C29H45NO6/c1-6-30-14-19(5)36-24(15-30)35-16-27-13-21-18(4)7-8-22(21)28(26-33-9-10-34-26)12-20(27)11-23(17(2)3)29(27,28)25(31)32/h11,17-22,24,26H,6-10,12-16H2,1-5H3,(H,31,32)/t18-,19-,20+,21-,22-,24-,27+,28-,29-/m1/s1. The monoisotopic (exact) mass is 503 g/mol. The first-order chi connectivity index (χ1) is 17.2. The van der Waals surface area contributed by atoms with Crippen LogP contribution in [0.4, 0.5) is 0 Å². The SMILES string of the molecule is CCN1C[C@H](OC[C@@]23C[C@@H]4[C@H](C)CC[C@H]4[C@@]4(C5OCCO5)C[C@@H]2C=C(C(C)C)[C@@]34C(=O)O)O[C@H](C)C1. The quantitative estimate of drug-likeness (QED) is 0.523. The van der Waals surface area contributed by atoms with Crippen LogP contribution in [0.2, 0.25) is 0 Å². The number of carbonyl (C=O) groups is 1. The number of hydrogen-bond acceptors (Lipinski definition) is 6. The maximum Gasteiger partial charge on any atom is 0.315 e. The Bertz CT molecular complexity index is 915. The minimum atomic E-state index is -1.04. The Labute approximate surface area is 215 Å². The first-order valence-corrected chi connectivity index (χ1v) is 14.4. The van der Waals surface area contributed by atoms with Gasteiger partial charge in [-0.15, -0.1) is 0 Å². The number of rotatable bonds is 7. The normalized spacial score (nSPS) is 48.6. The molecule has 0 amide bonds. The van der Waals surface area contributed by atoms with Gasteiger partial charge in [-0.2, -0.15) is 0 Å². The first-order valence-electron chi connectivity index (χ1n) is 14.4. The molecule has 0 aromatic rings. The molecule has 2 aliphatic heterocycles. The van der Waals surface area contributed by atoms with E-state index in [0.29, 0.717) is 37.6 Å². The summed E-state index contributed by atoms with van der Waals surface area (Å²) < 4.78 is 25.5. The van der Waals surface area contributed by atoms with Gasteiger partial charge in [-0.05, 0) is 62.3 Å². The van der Waals surface area contributed by atoms with Crippen molar-refractivity contribution >= 4 is 5.97 Å². The number of nitrogens with zero attached hydrogens (tertiary/aromatic N) is 1. The van der Waals surface area contributed by atoms with Crippen LogP contribution >= 0.6 is 0 Å². The van der Waals surface area contributed by atoms with Crippen molar-refractivity contribution in [3.05, 3.63) is 11.6 Å². The van der Waals surface area contributed by atoms with E-state index in [1.807, 2.05) is 0 Å². The molecule has 0 aromatic carbocycles. The average Bonchev–Trinajstić information content (AvgIpc) is 3.59. The Balaban J connectivity index is 1.46.